The van der Waals surface area contributed by atoms with E-state index in [1.807, 2.05) is 12.3 Å². The molecule has 0 aliphatic carbocycles. The van der Waals surface area contributed by atoms with Crippen molar-refractivity contribution in [2.75, 3.05) is 20.1 Å². The van der Waals surface area contributed by atoms with E-state index in [-0.39, 0.29) is 0 Å². The highest BCUT2D eigenvalue weighted by Crippen LogP contribution is 2.02. The molecule has 3 N–H and O–H groups in total. The lowest BCUT2D eigenvalue weighted by Gasteiger charge is -2.19. The Morgan fingerprint density at radius 2 is 2.38 bits per heavy atom. The molecule has 0 spiro atoms. The van der Waals surface area contributed by atoms with Crippen molar-refractivity contribution in [2.24, 2.45) is 11.7 Å². The van der Waals surface area contributed by atoms with Gasteiger partial charge in [-0.25, -0.2) is 0 Å². The van der Waals surface area contributed by atoms with Gasteiger partial charge in [0.25, 0.3) is 0 Å². The van der Waals surface area contributed by atoms with Gasteiger partial charge >= 0.3 is 0 Å². The minimum atomic E-state index is 0.569. The SMILES string of the molecule is CC(CN)CN(C)Cc1ccc[nH]1. The highest BCUT2D eigenvalue weighted by atomic mass is 15.1. The highest BCUT2D eigenvalue weighted by Gasteiger charge is 2.04. The van der Waals surface area contributed by atoms with Crippen LogP contribution in [0.25, 0.3) is 0 Å². The van der Waals surface area contributed by atoms with Gasteiger partial charge in [-0.15, -0.1) is 0 Å². The lowest BCUT2D eigenvalue weighted by Crippen LogP contribution is -2.28. The molecule has 0 fully saturated rings. The number of hydrogen-bond donors (Lipinski definition) is 2. The molecule has 1 aromatic rings. The number of nitrogens with two attached hydrogens (primary N) is 1. The second-order valence-corrected chi connectivity index (χ2v) is 3.73. The Labute approximate surface area is 79.9 Å². The van der Waals surface area contributed by atoms with Crippen molar-refractivity contribution in [1.29, 1.82) is 0 Å². The smallest absolute Gasteiger partial charge is 0.0382 e. The number of hydrogen-bond acceptors (Lipinski definition) is 2. The van der Waals surface area contributed by atoms with E-state index in [9.17, 15) is 0 Å². The molecule has 13 heavy (non-hydrogen) atoms. The number of rotatable bonds is 5. The number of nitrogens with zero attached hydrogens (tertiary/aromatic N) is 1. The van der Waals surface area contributed by atoms with Crippen LogP contribution in [0.3, 0.4) is 0 Å². The normalized spacial score (nSPS) is 13.5. The van der Waals surface area contributed by atoms with Gasteiger partial charge < -0.3 is 15.6 Å². The van der Waals surface area contributed by atoms with Gasteiger partial charge in [-0.3, -0.25) is 0 Å². The summed E-state index contributed by atoms with van der Waals surface area (Å²) < 4.78 is 0. The Hall–Kier alpha value is -0.800. The summed E-state index contributed by atoms with van der Waals surface area (Å²) >= 11 is 0. The summed E-state index contributed by atoms with van der Waals surface area (Å²) in [5.74, 6) is 0.569. The number of aromatic amines is 1. The third-order valence-electron chi connectivity index (χ3n) is 2.13. The highest BCUT2D eigenvalue weighted by molar-refractivity contribution is 5.02. The minimum absolute atomic E-state index is 0.569. The summed E-state index contributed by atoms with van der Waals surface area (Å²) in [7, 11) is 2.12. The fourth-order valence-corrected chi connectivity index (χ4v) is 1.43. The van der Waals surface area contributed by atoms with Crippen LogP contribution in [0, 0.1) is 5.92 Å². The Balaban J connectivity index is 2.29. The second kappa shape index (κ2) is 5.04. The van der Waals surface area contributed by atoms with Gasteiger partial charge in [-0.2, -0.15) is 0 Å². The van der Waals surface area contributed by atoms with E-state index in [4.69, 9.17) is 5.73 Å². The summed E-state index contributed by atoms with van der Waals surface area (Å²) in [4.78, 5) is 5.47. The van der Waals surface area contributed by atoms with Crippen LogP contribution in [0.4, 0.5) is 0 Å². The fourth-order valence-electron chi connectivity index (χ4n) is 1.43. The lowest BCUT2D eigenvalue weighted by molar-refractivity contribution is 0.279. The zero-order valence-corrected chi connectivity index (χ0v) is 8.46. The van der Waals surface area contributed by atoms with Crippen molar-refractivity contribution in [1.82, 2.24) is 9.88 Å². The molecule has 1 rings (SSSR count). The molecular weight excluding hydrogens is 162 g/mol. The van der Waals surface area contributed by atoms with E-state index in [1.54, 1.807) is 0 Å². The molecule has 0 amide bonds. The molecule has 0 radical (unpaired) electrons. The molecule has 0 aliphatic heterocycles. The van der Waals surface area contributed by atoms with Crippen LogP contribution in [0.5, 0.6) is 0 Å². The van der Waals surface area contributed by atoms with Gasteiger partial charge in [0.1, 0.15) is 0 Å². The maximum Gasteiger partial charge on any atom is 0.0382 e. The Morgan fingerprint density at radius 3 is 2.92 bits per heavy atom. The lowest BCUT2D eigenvalue weighted by atomic mass is 10.2. The molecule has 3 heteroatoms. The first-order valence-electron chi connectivity index (χ1n) is 4.73. The average Bonchev–Trinajstić information content (AvgIpc) is 2.56. The molecule has 0 saturated heterocycles. The second-order valence-electron chi connectivity index (χ2n) is 3.73. The molecular formula is C10H19N3. The molecule has 1 unspecified atom stereocenters. The minimum Gasteiger partial charge on any atom is -0.364 e. The summed E-state index contributed by atoms with van der Waals surface area (Å²) in [5, 5.41) is 0. The van der Waals surface area contributed by atoms with Crippen molar-refractivity contribution >= 4 is 0 Å². The fraction of sp³-hybridized carbons (Fsp3) is 0.600. The zero-order chi connectivity index (χ0) is 9.68. The van der Waals surface area contributed by atoms with Gasteiger partial charge in [-0.05, 0) is 31.6 Å². The molecule has 0 aromatic carbocycles. The zero-order valence-electron chi connectivity index (χ0n) is 8.46. The van der Waals surface area contributed by atoms with Crippen molar-refractivity contribution in [3.05, 3.63) is 24.0 Å². The van der Waals surface area contributed by atoms with E-state index < -0.39 is 0 Å². The summed E-state index contributed by atoms with van der Waals surface area (Å²) in [6, 6.07) is 4.12. The monoisotopic (exact) mass is 181 g/mol. The van der Waals surface area contributed by atoms with Crippen LogP contribution in [0.2, 0.25) is 0 Å². The molecule has 0 bridgehead atoms. The summed E-state index contributed by atoms with van der Waals surface area (Å²) in [6.07, 6.45) is 1.95. The van der Waals surface area contributed by atoms with Crippen molar-refractivity contribution in [2.45, 2.75) is 13.5 Å². The number of nitrogens with one attached hydrogen (secondary N) is 1. The Kier molecular flexibility index (Phi) is 3.99. The summed E-state index contributed by atoms with van der Waals surface area (Å²) in [6.45, 7) is 4.95. The van der Waals surface area contributed by atoms with Crippen molar-refractivity contribution in [3.63, 3.8) is 0 Å². The van der Waals surface area contributed by atoms with Crippen molar-refractivity contribution < 1.29 is 0 Å². The van der Waals surface area contributed by atoms with Crippen LogP contribution in [-0.2, 0) is 6.54 Å². The molecule has 74 valence electrons. The topological polar surface area (TPSA) is 45.0 Å². The van der Waals surface area contributed by atoms with Gasteiger partial charge in [-0.1, -0.05) is 6.92 Å². The van der Waals surface area contributed by atoms with Gasteiger partial charge in [0.2, 0.25) is 0 Å². The van der Waals surface area contributed by atoms with E-state index in [0.29, 0.717) is 5.92 Å². The van der Waals surface area contributed by atoms with Crippen LogP contribution in [0.15, 0.2) is 18.3 Å². The van der Waals surface area contributed by atoms with Crippen LogP contribution < -0.4 is 5.73 Å². The summed E-state index contributed by atoms with van der Waals surface area (Å²) in [5.41, 5.74) is 6.82. The molecule has 0 saturated carbocycles. The number of H-pyrrole nitrogens is 1. The van der Waals surface area contributed by atoms with Gasteiger partial charge in [0.15, 0.2) is 0 Å². The standard InChI is InChI=1S/C10H19N3/c1-9(6-11)7-13(2)8-10-4-3-5-12-10/h3-5,9,12H,6-8,11H2,1-2H3. The maximum absolute atomic E-state index is 5.56. The largest absolute Gasteiger partial charge is 0.364 e. The third-order valence-corrected chi connectivity index (χ3v) is 2.13. The predicted molar refractivity (Wildman–Crippen MR) is 55.3 cm³/mol. The number of aromatic nitrogens is 1. The molecule has 3 nitrogen and oxygen atoms in total. The first-order valence-corrected chi connectivity index (χ1v) is 4.73. The molecule has 1 atom stereocenters. The Morgan fingerprint density at radius 1 is 1.62 bits per heavy atom. The van der Waals surface area contributed by atoms with Crippen LogP contribution >= 0.6 is 0 Å². The van der Waals surface area contributed by atoms with E-state index in [0.717, 1.165) is 19.6 Å². The first-order chi connectivity index (χ1) is 6.22. The predicted octanol–water partition coefficient (Wildman–Crippen LogP) is 1.04. The third kappa shape index (κ3) is 3.61. The quantitative estimate of drug-likeness (QED) is 0.713. The van der Waals surface area contributed by atoms with Gasteiger partial charge in [0.05, 0.1) is 0 Å². The molecule has 1 heterocycles. The molecule has 0 aliphatic rings. The average molecular weight is 181 g/mol. The van der Waals surface area contributed by atoms with E-state index >= 15 is 0 Å². The molecule has 1 aromatic heterocycles. The maximum atomic E-state index is 5.56. The van der Waals surface area contributed by atoms with Crippen LogP contribution in [0.1, 0.15) is 12.6 Å². The Bertz CT molecular complexity index is 218. The van der Waals surface area contributed by atoms with E-state index in [2.05, 4.69) is 29.9 Å². The van der Waals surface area contributed by atoms with E-state index in [1.165, 1.54) is 5.69 Å². The first kappa shape index (κ1) is 10.3. The van der Waals surface area contributed by atoms with Gasteiger partial charge in [0, 0.05) is 25.0 Å². The van der Waals surface area contributed by atoms with Crippen LogP contribution in [-0.4, -0.2) is 30.0 Å². The van der Waals surface area contributed by atoms with Crippen molar-refractivity contribution in [3.8, 4) is 0 Å².